The third-order valence-electron chi connectivity index (χ3n) is 5.68. The van der Waals surface area contributed by atoms with Crippen LogP contribution in [0.4, 0.5) is 5.69 Å². The highest BCUT2D eigenvalue weighted by Crippen LogP contribution is 2.27. The van der Waals surface area contributed by atoms with Crippen LogP contribution in [0.1, 0.15) is 22.6 Å². The number of aryl methyl sites for hydroxylation is 1. The van der Waals surface area contributed by atoms with Crippen molar-refractivity contribution in [2.24, 2.45) is 0 Å². The normalized spacial score (nSPS) is 18.3. The highest BCUT2D eigenvalue weighted by atomic mass is 35.5. The molecule has 1 fully saturated rings. The van der Waals surface area contributed by atoms with Crippen LogP contribution in [0.25, 0.3) is 16.6 Å². The molecule has 0 saturated carbocycles. The zero-order chi connectivity index (χ0) is 22.4. The number of H-pyrrole nitrogens is 1. The number of β-amino-alcohol motifs (C(OH)–C–C–N with tert-alkyl or cyclic N) is 1. The van der Waals surface area contributed by atoms with Gasteiger partial charge in [0.05, 0.1) is 45.0 Å². The molecule has 3 aromatic heterocycles. The predicted molar refractivity (Wildman–Crippen MR) is 121 cm³/mol. The van der Waals surface area contributed by atoms with Gasteiger partial charge in [-0.1, -0.05) is 11.6 Å². The van der Waals surface area contributed by atoms with Crippen molar-refractivity contribution < 1.29 is 5.11 Å². The molecular formula is C22H20ClN7O2. The van der Waals surface area contributed by atoms with Gasteiger partial charge in [-0.2, -0.15) is 5.26 Å². The Hall–Kier alpha value is -3.45. The third-order valence-corrected chi connectivity index (χ3v) is 6.00. The minimum Gasteiger partial charge on any atom is -0.390 e. The highest BCUT2D eigenvalue weighted by molar-refractivity contribution is 6.34. The number of aromatic nitrogens is 4. The first kappa shape index (κ1) is 20.5. The molecule has 0 bridgehead atoms. The molecule has 1 aliphatic rings. The summed E-state index contributed by atoms with van der Waals surface area (Å²) in [4.78, 5) is 24.7. The molecule has 0 unspecified atom stereocenters. The van der Waals surface area contributed by atoms with E-state index in [1.54, 1.807) is 22.7 Å². The van der Waals surface area contributed by atoms with Gasteiger partial charge < -0.3 is 25.1 Å². The Bertz CT molecular complexity index is 1450. The van der Waals surface area contributed by atoms with Crippen molar-refractivity contribution in [3.63, 3.8) is 0 Å². The van der Waals surface area contributed by atoms with E-state index in [1.807, 2.05) is 19.2 Å². The molecule has 0 amide bonds. The third kappa shape index (κ3) is 3.69. The van der Waals surface area contributed by atoms with Gasteiger partial charge in [-0.05, 0) is 30.7 Å². The van der Waals surface area contributed by atoms with Gasteiger partial charge in [0.15, 0.2) is 0 Å². The lowest BCUT2D eigenvalue weighted by molar-refractivity contribution is 0.185. The summed E-state index contributed by atoms with van der Waals surface area (Å²) in [5.74, 6) is 0.471. The predicted octanol–water partition coefficient (Wildman–Crippen LogP) is 1.74. The maximum absolute atomic E-state index is 12.7. The van der Waals surface area contributed by atoms with Crippen LogP contribution in [0.15, 0.2) is 35.4 Å². The van der Waals surface area contributed by atoms with E-state index in [0.29, 0.717) is 52.5 Å². The highest BCUT2D eigenvalue weighted by Gasteiger charge is 2.25. The van der Waals surface area contributed by atoms with Crippen molar-refractivity contribution in [3.8, 4) is 6.07 Å². The van der Waals surface area contributed by atoms with Crippen LogP contribution in [0, 0.1) is 18.3 Å². The van der Waals surface area contributed by atoms with E-state index in [1.165, 1.54) is 0 Å². The van der Waals surface area contributed by atoms with E-state index in [2.05, 4.69) is 31.7 Å². The number of fused-ring (bicyclic) bond motifs is 2. The van der Waals surface area contributed by atoms with Gasteiger partial charge in [-0.15, -0.1) is 0 Å². The maximum Gasteiger partial charge on any atom is 0.258 e. The summed E-state index contributed by atoms with van der Waals surface area (Å²) in [5.41, 5.74) is 3.71. The van der Waals surface area contributed by atoms with Gasteiger partial charge in [0, 0.05) is 31.9 Å². The summed E-state index contributed by atoms with van der Waals surface area (Å²) in [6, 6.07) is 7.16. The zero-order valence-corrected chi connectivity index (χ0v) is 17.9. The van der Waals surface area contributed by atoms with Crippen molar-refractivity contribution in [2.45, 2.75) is 25.5 Å². The Labute approximate surface area is 187 Å². The van der Waals surface area contributed by atoms with Gasteiger partial charge in [0.25, 0.3) is 5.56 Å². The van der Waals surface area contributed by atoms with Crippen LogP contribution in [-0.2, 0) is 6.42 Å². The fraction of sp³-hybridized carbons (Fsp3) is 0.273. The average Bonchev–Trinajstić information content (AvgIpc) is 3.33. The maximum atomic E-state index is 12.7. The van der Waals surface area contributed by atoms with E-state index >= 15 is 0 Å². The molecule has 4 aromatic rings. The molecule has 2 atom stereocenters. The SMILES string of the molecule is Cc1cc2nc(Cc3nc4cc(N[C@H]5CNC[C@@H]5O)c(Cl)cc4c(=O)[nH]3)cn2cc1C#N. The van der Waals surface area contributed by atoms with Crippen molar-refractivity contribution in [1.29, 1.82) is 5.26 Å². The second-order valence-corrected chi connectivity index (χ2v) is 8.40. The Morgan fingerprint density at radius 2 is 2.16 bits per heavy atom. The van der Waals surface area contributed by atoms with E-state index in [4.69, 9.17) is 11.6 Å². The summed E-state index contributed by atoms with van der Waals surface area (Å²) in [6.07, 6.45) is 3.36. The number of hydrogen-bond donors (Lipinski definition) is 4. The second-order valence-electron chi connectivity index (χ2n) is 7.99. The molecule has 32 heavy (non-hydrogen) atoms. The largest absolute Gasteiger partial charge is 0.390 e. The number of nitriles is 1. The van der Waals surface area contributed by atoms with Gasteiger partial charge in [-0.25, -0.2) is 9.97 Å². The van der Waals surface area contributed by atoms with E-state index in [0.717, 1.165) is 16.9 Å². The number of aromatic amines is 1. The van der Waals surface area contributed by atoms with E-state index in [-0.39, 0.29) is 11.6 Å². The minimum atomic E-state index is -0.523. The van der Waals surface area contributed by atoms with Gasteiger partial charge >= 0.3 is 0 Å². The summed E-state index contributed by atoms with van der Waals surface area (Å²) in [5, 5.41) is 26.4. The van der Waals surface area contributed by atoms with Crippen LogP contribution in [0.2, 0.25) is 5.02 Å². The van der Waals surface area contributed by atoms with E-state index in [9.17, 15) is 15.2 Å². The number of rotatable bonds is 4. The molecule has 1 aliphatic heterocycles. The number of nitrogens with zero attached hydrogens (tertiary/aromatic N) is 4. The topological polar surface area (TPSA) is 131 Å². The minimum absolute atomic E-state index is 0.175. The van der Waals surface area contributed by atoms with Crippen LogP contribution >= 0.6 is 11.6 Å². The zero-order valence-electron chi connectivity index (χ0n) is 17.2. The lowest BCUT2D eigenvalue weighted by Gasteiger charge is -2.18. The molecule has 1 saturated heterocycles. The first-order valence-corrected chi connectivity index (χ1v) is 10.5. The lowest BCUT2D eigenvalue weighted by Crippen LogP contribution is -2.32. The molecular weight excluding hydrogens is 430 g/mol. The van der Waals surface area contributed by atoms with Crippen molar-refractivity contribution in [3.05, 3.63) is 68.6 Å². The van der Waals surface area contributed by atoms with Gasteiger partial charge in [-0.3, -0.25) is 4.79 Å². The quantitative estimate of drug-likeness (QED) is 0.373. The molecule has 1 aromatic carbocycles. The summed E-state index contributed by atoms with van der Waals surface area (Å²) >= 11 is 6.37. The van der Waals surface area contributed by atoms with E-state index < -0.39 is 6.10 Å². The molecule has 4 heterocycles. The van der Waals surface area contributed by atoms with Crippen molar-refractivity contribution >= 4 is 33.8 Å². The number of benzene rings is 1. The number of pyridine rings is 1. The molecule has 0 aliphatic carbocycles. The van der Waals surface area contributed by atoms with Crippen LogP contribution in [0.5, 0.6) is 0 Å². The summed E-state index contributed by atoms with van der Waals surface area (Å²) in [7, 11) is 0. The van der Waals surface area contributed by atoms with Gasteiger partial charge in [0.1, 0.15) is 17.5 Å². The summed E-state index contributed by atoms with van der Waals surface area (Å²) in [6.45, 7) is 3.00. The first-order valence-electron chi connectivity index (χ1n) is 10.2. The number of nitrogens with one attached hydrogen (secondary N) is 3. The number of aliphatic hydroxyl groups is 1. The number of halogens is 1. The number of anilines is 1. The van der Waals surface area contributed by atoms with Gasteiger partial charge in [0.2, 0.25) is 0 Å². The smallest absolute Gasteiger partial charge is 0.258 e. The molecule has 4 N–H and O–H groups in total. The Kier molecular flexibility index (Phi) is 5.06. The second kappa shape index (κ2) is 7.91. The lowest BCUT2D eigenvalue weighted by atomic mass is 10.1. The molecule has 0 radical (unpaired) electrons. The molecule has 0 spiro atoms. The Morgan fingerprint density at radius 1 is 1.31 bits per heavy atom. The summed E-state index contributed by atoms with van der Waals surface area (Å²) < 4.78 is 1.79. The Balaban J connectivity index is 1.49. The number of hydrogen-bond acceptors (Lipinski definition) is 7. The van der Waals surface area contributed by atoms with Crippen LogP contribution < -0.4 is 16.2 Å². The van der Waals surface area contributed by atoms with Crippen LogP contribution in [0.3, 0.4) is 0 Å². The average molecular weight is 450 g/mol. The van der Waals surface area contributed by atoms with Crippen LogP contribution in [-0.4, -0.2) is 49.7 Å². The molecule has 10 heteroatoms. The number of imidazole rings is 1. The van der Waals surface area contributed by atoms with Crippen molar-refractivity contribution in [2.75, 3.05) is 18.4 Å². The molecule has 162 valence electrons. The standard InChI is InChI=1S/C22H20ClN7O2/c1-11-2-21-26-13(10-30(21)9-12(11)6-24)3-20-28-16-5-17(27-18-7-25-8-19(18)31)15(23)4-14(16)22(32)29-20/h2,4-5,9-10,18-19,25,27,31H,3,7-8H2,1H3,(H,28,29,32)/t18-,19-/m0/s1. The molecule has 9 nitrogen and oxygen atoms in total. The fourth-order valence-corrected chi connectivity index (χ4v) is 4.19. The Morgan fingerprint density at radius 3 is 2.91 bits per heavy atom. The first-order chi connectivity index (χ1) is 15.4. The monoisotopic (exact) mass is 449 g/mol. The molecule has 5 rings (SSSR count). The fourth-order valence-electron chi connectivity index (χ4n) is 3.97. The van der Waals surface area contributed by atoms with Crippen molar-refractivity contribution in [1.82, 2.24) is 24.7 Å². The number of aliphatic hydroxyl groups excluding tert-OH is 1.